The molecular formula is C25H26N2O3. The first-order chi connectivity index (χ1) is 14.7. The molecule has 154 valence electrons. The van der Waals surface area contributed by atoms with Gasteiger partial charge in [-0.2, -0.15) is 0 Å². The Labute approximate surface area is 177 Å². The maximum atomic E-state index is 11.9. The number of hydrogen-bond acceptors (Lipinski definition) is 5. The Bertz CT molecular complexity index is 917. The van der Waals surface area contributed by atoms with Gasteiger partial charge < -0.3 is 9.47 Å². The highest BCUT2D eigenvalue weighted by Crippen LogP contribution is 2.30. The van der Waals surface area contributed by atoms with Crippen molar-refractivity contribution < 1.29 is 14.3 Å². The summed E-state index contributed by atoms with van der Waals surface area (Å²) in [6.45, 7) is 4.50. The number of rotatable bonds is 8. The molecule has 1 fully saturated rings. The summed E-state index contributed by atoms with van der Waals surface area (Å²) in [6.07, 6.45) is 0.0773. The Kier molecular flexibility index (Phi) is 6.52. The van der Waals surface area contributed by atoms with E-state index in [1.807, 2.05) is 48.5 Å². The number of benzene rings is 2. The van der Waals surface area contributed by atoms with E-state index >= 15 is 0 Å². The van der Waals surface area contributed by atoms with Gasteiger partial charge in [-0.15, -0.1) is 0 Å². The minimum Gasteiger partial charge on any atom is -0.461 e. The first-order valence-corrected chi connectivity index (χ1v) is 10.3. The van der Waals surface area contributed by atoms with E-state index in [-0.39, 0.29) is 18.2 Å². The SMILES string of the molecule is CCOC(=O)c1cccc(CN2CC(OC(c3ccccc3)c3ccccc3)C2)n1. The normalized spacial score (nSPS) is 14.5. The molecule has 1 aliphatic rings. The quantitative estimate of drug-likeness (QED) is 0.527. The second kappa shape index (κ2) is 9.65. The number of hydrogen-bond donors (Lipinski definition) is 0. The van der Waals surface area contributed by atoms with Crippen molar-refractivity contribution in [2.75, 3.05) is 19.7 Å². The maximum absolute atomic E-state index is 11.9. The highest BCUT2D eigenvalue weighted by atomic mass is 16.5. The Morgan fingerprint density at radius 3 is 2.20 bits per heavy atom. The molecular weight excluding hydrogens is 376 g/mol. The van der Waals surface area contributed by atoms with Gasteiger partial charge in [-0.1, -0.05) is 66.7 Å². The fourth-order valence-corrected chi connectivity index (χ4v) is 3.65. The number of likely N-dealkylation sites (tertiary alicyclic amines) is 1. The van der Waals surface area contributed by atoms with Crippen molar-refractivity contribution in [3.63, 3.8) is 0 Å². The van der Waals surface area contributed by atoms with Gasteiger partial charge in [-0.3, -0.25) is 4.90 Å². The van der Waals surface area contributed by atoms with Gasteiger partial charge in [-0.05, 0) is 30.2 Å². The predicted octanol–water partition coefficient (Wildman–Crippen LogP) is 4.25. The van der Waals surface area contributed by atoms with Crippen LogP contribution < -0.4 is 0 Å². The molecule has 0 bridgehead atoms. The number of carbonyl (C=O) groups is 1. The van der Waals surface area contributed by atoms with Gasteiger partial charge in [0.25, 0.3) is 0 Å². The molecule has 1 aromatic heterocycles. The summed E-state index contributed by atoms with van der Waals surface area (Å²) >= 11 is 0. The number of pyridine rings is 1. The smallest absolute Gasteiger partial charge is 0.356 e. The first-order valence-electron chi connectivity index (χ1n) is 10.3. The molecule has 5 nitrogen and oxygen atoms in total. The Morgan fingerprint density at radius 2 is 1.60 bits per heavy atom. The van der Waals surface area contributed by atoms with E-state index in [1.165, 1.54) is 0 Å². The zero-order valence-corrected chi connectivity index (χ0v) is 17.1. The molecule has 0 N–H and O–H groups in total. The van der Waals surface area contributed by atoms with Crippen LogP contribution in [0.15, 0.2) is 78.9 Å². The zero-order valence-electron chi connectivity index (χ0n) is 17.1. The number of carbonyl (C=O) groups excluding carboxylic acids is 1. The summed E-state index contributed by atoms with van der Waals surface area (Å²) in [5.41, 5.74) is 3.54. The molecule has 0 amide bonds. The summed E-state index contributed by atoms with van der Waals surface area (Å²) in [7, 11) is 0. The maximum Gasteiger partial charge on any atom is 0.356 e. The minimum atomic E-state index is -0.377. The van der Waals surface area contributed by atoms with Crippen LogP contribution >= 0.6 is 0 Å². The first kappa shape index (κ1) is 20.3. The molecule has 5 heteroatoms. The number of esters is 1. The Hall–Kier alpha value is -3.02. The lowest BCUT2D eigenvalue weighted by molar-refractivity contribution is -0.0842. The molecule has 30 heavy (non-hydrogen) atoms. The van der Waals surface area contributed by atoms with Crippen LogP contribution in [0.25, 0.3) is 0 Å². The molecule has 2 heterocycles. The van der Waals surface area contributed by atoms with E-state index in [0.29, 0.717) is 18.8 Å². The second-order valence-electron chi connectivity index (χ2n) is 7.39. The largest absolute Gasteiger partial charge is 0.461 e. The Balaban J connectivity index is 1.37. The lowest BCUT2D eigenvalue weighted by Gasteiger charge is -2.40. The molecule has 0 aliphatic carbocycles. The fourth-order valence-electron chi connectivity index (χ4n) is 3.65. The molecule has 0 spiro atoms. The van der Waals surface area contributed by atoms with E-state index in [0.717, 1.165) is 29.9 Å². The molecule has 0 saturated carbocycles. The standard InChI is InChI=1S/C25H26N2O3/c1-2-29-25(28)23-15-9-14-21(26-23)16-27-17-22(18-27)30-24(19-10-5-3-6-11-19)20-12-7-4-8-13-20/h3-15,22,24H,2,16-18H2,1H3. The molecule has 1 saturated heterocycles. The highest BCUT2D eigenvalue weighted by Gasteiger charge is 2.31. The molecule has 2 aromatic carbocycles. The monoisotopic (exact) mass is 402 g/mol. The van der Waals surface area contributed by atoms with Crippen LogP contribution in [-0.4, -0.2) is 41.7 Å². The third kappa shape index (κ3) is 4.93. The van der Waals surface area contributed by atoms with Crippen molar-refractivity contribution in [1.82, 2.24) is 9.88 Å². The van der Waals surface area contributed by atoms with Gasteiger partial charge in [0.1, 0.15) is 11.8 Å². The summed E-state index contributed by atoms with van der Waals surface area (Å²) in [5, 5.41) is 0. The van der Waals surface area contributed by atoms with Crippen molar-refractivity contribution in [3.05, 3.63) is 101 Å². The number of ether oxygens (including phenoxy) is 2. The number of nitrogens with zero attached hydrogens (tertiary/aromatic N) is 2. The van der Waals surface area contributed by atoms with Crippen LogP contribution in [0.1, 0.15) is 40.3 Å². The topological polar surface area (TPSA) is 51.7 Å². The van der Waals surface area contributed by atoms with Crippen LogP contribution in [0.2, 0.25) is 0 Å². The molecule has 1 aliphatic heterocycles. The average Bonchev–Trinajstić information content (AvgIpc) is 2.77. The molecule has 3 aromatic rings. The van der Waals surface area contributed by atoms with Crippen LogP contribution in [0.5, 0.6) is 0 Å². The van der Waals surface area contributed by atoms with E-state index in [4.69, 9.17) is 9.47 Å². The van der Waals surface area contributed by atoms with Gasteiger partial charge >= 0.3 is 5.97 Å². The van der Waals surface area contributed by atoms with Gasteiger partial charge in [0, 0.05) is 19.6 Å². The molecule has 0 atom stereocenters. The fraction of sp³-hybridized carbons (Fsp3) is 0.280. The molecule has 0 radical (unpaired) electrons. The summed E-state index contributed by atoms with van der Waals surface area (Å²) < 4.78 is 11.5. The van der Waals surface area contributed by atoms with E-state index in [9.17, 15) is 4.79 Å². The van der Waals surface area contributed by atoms with Gasteiger partial charge in [-0.25, -0.2) is 9.78 Å². The lowest BCUT2D eigenvalue weighted by atomic mass is 10.0. The minimum absolute atomic E-state index is 0.0789. The Morgan fingerprint density at radius 1 is 0.967 bits per heavy atom. The van der Waals surface area contributed by atoms with Gasteiger partial charge in [0.15, 0.2) is 0 Å². The number of aromatic nitrogens is 1. The molecule has 4 rings (SSSR count). The van der Waals surface area contributed by atoms with Gasteiger partial charge in [0.05, 0.1) is 18.4 Å². The van der Waals surface area contributed by atoms with Crippen molar-refractivity contribution in [2.24, 2.45) is 0 Å². The van der Waals surface area contributed by atoms with Crippen LogP contribution in [0.3, 0.4) is 0 Å². The van der Waals surface area contributed by atoms with E-state index < -0.39 is 0 Å². The van der Waals surface area contributed by atoms with Gasteiger partial charge in [0.2, 0.25) is 0 Å². The van der Waals surface area contributed by atoms with Crippen molar-refractivity contribution in [1.29, 1.82) is 0 Å². The van der Waals surface area contributed by atoms with Crippen LogP contribution in [0.4, 0.5) is 0 Å². The summed E-state index contributed by atoms with van der Waals surface area (Å²) in [6, 6.07) is 26.1. The van der Waals surface area contributed by atoms with E-state index in [2.05, 4.69) is 34.1 Å². The van der Waals surface area contributed by atoms with Crippen LogP contribution in [0, 0.1) is 0 Å². The summed E-state index contributed by atoms with van der Waals surface area (Å²) in [5.74, 6) is -0.377. The highest BCUT2D eigenvalue weighted by molar-refractivity contribution is 5.87. The summed E-state index contributed by atoms with van der Waals surface area (Å²) in [4.78, 5) is 18.6. The lowest BCUT2D eigenvalue weighted by Crippen LogP contribution is -2.52. The third-order valence-corrected chi connectivity index (χ3v) is 5.13. The zero-order chi connectivity index (χ0) is 20.8. The average molecular weight is 402 g/mol. The molecule has 0 unspecified atom stereocenters. The van der Waals surface area contributed by atoms with Crippen molar-refractivity contribution >= 4 is 5.97 Å². The second-order valence-corrected chi connectivity index (χ2v) is 7.39. The van der Waals surface area contributed by atoms with Crippen molar-refractivity contribution in [3.8, 4) is 0 Å². The predicted molar refractivity (Wildman–Crippen MR) is 115 cm³/mol. The van der Waals surface area contributed by atoms with E-state index in [1.54, 1.807) is 13.0 Å². The third-order valence-electron chi connectivity index (χ3n) is 5.13. The van der Waals surface area contributed by atoms with Crippen LogP contribution in [-0.2, 0) is 16.0 Å². The van der Waals surface area contributed by atoms with Crippen molar-refractivity contribution in [2.45, 2.75) is 25.7 Å².